The normalized spacial score (nSPS) is 11.1. The average Bonchev–Trinajstić information content (AvgIpc) is 2.47. The third-order valence-corrected chi connectivity index (χ3v) is 2.90. The molecule has 2 aromatic rings. The molecule has 0 unspecified atom stereocenters. The molecule has 2 heterocycles. The maximum Gasteiger partial charge on any atom is 0.433 e. The summed E-state index contributed by atoms with van der Waals surface area (Å²) >= 11 is 5.70. The Bertz CT molecular complexity index is 719. The molecule has 0 bridgehead atoms. The lowest BCUT2D eigenvalue weighted by Crippen LogP contribution is -2.31. The first kappa shape index (κ1) is 15.9. The summed E-state index contributed by atoms with van der Waals surface area (Å²) in [6.45, 7) is 0. The Balaban J connectivity index is 2.25. The smallest absolute Gasteiger partial charge is 0.306 e. The summed E-state index contributed by atoms with van der Waals surface area (Å²) in [5.74, 6) is -1.21. The van der Waals surface area contributed by atoms with Gasteiger partial charge in [0.2, 0.25) is 0 Å². The number of rotatable bonds is 2. The number of alkyl halides is 3. The number of amidine groups is 1. The minimum absolute atomic E-state index is 0.243. The first-order chi connectivity index (χ1) is 10.3. The van der Waals surface area contributed by atoms with Crippen LogP contribution in [0.3, 0.4) is 0 Å². The van der Waals surface area contributed by atoms with Crippen molar-refractivity contribution in [3.8, 4) is 0 Å². The highest BCUT2D eigenvalue weighted by atomic mass is 35.5. The van der Waals surface area contributed by atoms with Crippen LogP contribution in [-0.4, -0.2) is 21.7 Å². The Kier molecular flexibility index (Phi) is 4.41. The number of nitrogens with one attached hydrogen (secondary N) is 2. The highest BCUT2D eigenvalue weighted by molar-refractivity contribution is 6.34. The van der Waals surface area contributed by atoms with Gasteiger partial charge in [0.05, 0.1) is 10.6 Å². The van der Waals surface area contributed by atoms with Crippen molar-refractivity contribution < 1.29 is 18.0 Å². The minimum Gasteiger partial charge on any atom is -0.306 e. The molecular formula is C13H8ClF3N4O. The molecule has 0 radical (unpaired) electrons. The van der Waals surface area contributed by atoms with Crippen LogP contribution in [0.2, 0.25) is 5.02 Å². The Labute approximate surface area is 127 Å². The van der Waals surface area contributed by atoms with Crippen LogP contribution in [0.15, 0.2) is 36.8 Å². The molecule has 0 aliphatic rings. The fourth-order valence-electron chi connectivity index (χ4n) is 1.54. The van der Waals surface area contributed by atoms with Gasteiger partial charge < -0.3 is 5.32 Å². The molecule has 9 heteroatoms. The summed E-state index contributed by atoms with van der Waals surface area (Å²) in [6.07, 6.45) is -1.12. The van der Waals surface area contributed by atoms with Crippen molar-refractivity contribution in [1.29, 1.82) is 5.41 Å². The molecule has 0 aromatic carbocycles. The van der Waals surface area contributed by atoms with Crippen molar-refractivity contribution in [2.75, 3.05) is 0 Å². The van der Waals surface area contributed by atoms with Gasteiger partial charge in [0.25, 0.3) is 5.91 Å². The Morgan fingerprint density at radius 1 is 1.27 bits per heavy atom. The van der Waals surface area contributed by atoms with E-state index in [1.807, 2.05) is 0 Å². The number of carbonyl (C=O) groups excluding carboxylic acids is 1. The zero-order valence-electron chi connectivity index (χ0n) is 10.8. The van der Waals surface area contributed by atoms with E-state index in [-0.39, 0.29) is 10.9 Å². The van der Waals surface area contributed by atoms with Gasteiger partial charge in [-0.15, -0.1) is 0 Å². The molecule has 0 atom stereocenters. The fraction of sp³-hybridized carbons (Fsp3) is 0.0769. The van der Waals surface area contributed by atoms with Crippen molar-refractivity contribution in [2.45, 2.75) is 6.18 Å². The summed E-state index contributed by atoms with van der Waals surface area (Å²) in [6, 6.07) is 3.48. The van der Waals surface area contributed by atoms with E-state index >= 15 is 0 Å². The van der Waals surface area contributed by atoms with Gasteiger partial charge in [-0.2, -0.15) is 13.2 Å². The summed E-state index contributed by atoms with van der Waals surface area (Å²) in [5, 5.41) is 9.64. The number of nitrogens with zero attached hydrogens (tertiary/aromatic N) is 2. The predicted molar refractivity (Wildman–Crippen MR) is 72.8 cm³/mol. The van der Waals surface area contributed by atoms with Crippen molar-refractivity contribution >= 4 is 23.3 Å². The van der Waals surface area contributed by atoms with E-state index < -0.39 is 23.3 Å². The standard InChI is InChI=1S/C13H8ClF3N4O/c14-9-6-20-10(13(15,16)17)5-8(9)12(22)21-11(18)7-1-3-19-4-2-7/h1-6H,(H2,18,21,22). The monoisotopic (exact) mass is 328 g/mol. The van der Waals surface area contributed by atoms with Crippen molar-refractivity contribution in [1.82, 2.24) is 15.3 Å². The molecule has 22 heavy (non-hydrogen) atoms. The van der Waals surface area contributed by atoms with Crippen LogP contribution in [0.1, 0.15) is 21.6 Å². The molecule has 0 aliphatic heterocycles. The average molecular weight is 329 g/mol. The summed E-state index contributed by atoms with van der Waals surface area (Å²) in [5.41, 5.74) is -1.30. The number of hydrogen-bond donors (Lipinski definition) is 2. The molecule has 0 saturated carbocycles. The van der Waals surface area contributed by atoms with E-state index in [1.165, 1.54) is 24.5 Å². The lowest BCUT2D eigenvalue weighted by molar-refractivity contribution is -0.141. The number of amides is 1. The number of hydrogen-bond acceptors (Lipinski definition) is 4. The lowest BCUT2D eigenvalue weighted by atomic mass is 10.2. The second-order valence-corrected chi connectivity index (χ2v) is 4.52. The Morgan fingerprint density at radius 3 is 2.50 bits per heavy atom. The first-order valence-corrected chi connectivity index (χ1v) is 6.20. The molecule has 2 rings (SSSR count). The van der Waals surface area contributed by atoms with E-state index in [0.717, 1.165) is 6.20 Å². The van der Waals surface area contributed by atoms with Crippen LogP contribution < -0.4 is 5.32 Å². The molecular weight excluding hydrogens is 321 g/mol. The molecule has 0 fully saturated rings. The van der Waals surface area contributed by atoms with Crippen LogP contribution in [0, 0.1) is 5.41 Å². The second kappa shape index (κ2) is 6.10. The number of pyridine rings is 2. The third-order valence-electron chi connectivity index (χ3n) is 2.60. The van der Waals surface area contributed by atoms with Crippen LogP contribution >= 0.6 is 11.6 Å². The predicted octanol–water partition coefficient (Wildman–Crippen LogP) is 2.90. The van der Waals surface area contributed by atoms with E-state index in [9.17, 15) is 18.0 Å². The molecule has 2 aromatic heterocycles. The number of aromatic nitrogens is 2. The summed E-state index contributed by atoms with van der Waals surface area (Å²) in [4.78, 5) is 18.9. The fourth-order valence-corrected chi connectivity index (χ4v) is 1.73. The number of carbonyl (C=O) groups is 1. The summed E-state index contributed by atoms with van der Waals surface area (Å²) in [7, 11) is 0. The molecule has 5 nitrogen and oxygen atoms in total. The highest BCUT2D eigenvalue weighted by Gasteiger charge is 2.33. The van der Waals surface area contributed by atoms with E-state index in [0.29, 0.717) is 11.6 Å². The van der Waals surface area contributed by atoms with E-state index in [1.54, 1.807) is 0 Å². The largest absolute Gasteiger partial charge is 0.433 e. The van der Waals surface area contributed by atoms with Crippen LogP contribution in [0.25, 0.3) is 0 Å². The van der Waals surface area contributed by atoms with Gasteiger partial charge in [-0.25, -0.2) is 0 Å². The van der Waals surface area contributed by atoms with E-state index in [2.05, 4.69) is 15.3 Å². The SMILES string of the molecule is N=C(NC(=O)c1cc(C(F)(F)F)ncc1Cl)c1ccncc1. The third kappa shape index (κ3) is 3.59. The maximum absolute atomic E-state index is 12.6. The van der Waals surface area contributed by atoms with Gasteiger partial charge >= 0.3 is 6.18 Å². The van der Waals surface area contributed by atoms with Gasteiger partial charge in [-0.05, 0) is 18.2 Å². The van der Waals surface area contributed by atoms with Gasteiger partial charge in [0, 0.05) is 24.2 Å². The highest BCUT2D eigenvalue weighted by Crippen LogP contribution is 2.29. The van der Waals surface area contributed by atoms with Crippen molar-refractivity contribution in [3.05, 3.63) is 58.6 Å². The molecule has 0 saturated heterocycles. The lowest BCUT2D eigenvalue weighted by Gasteiger charge is -2.10. The maximum atomic E-state index is 12.6. The Hall–Kier alpha value is -2.48. The first-order valence-electron chi connectivity index (χ1n) is 5.82. The quantitative estimate of drug-likeness (QED) is 0.657. The molecule has 1 amide bonds. The van der Waals surface area contributed by atoms with Gasteiger partial charge in [-0.3, -0.25) is 20.2 Å². The van der Waals surface area contributed by atoms with Gasteiger partial charge in [0.15, 0.2) is 0 Å². The van der Waals surface area contributed by atoms with Gasteiger partial charge in [-0.1, -0.05) is 11.6 Å². The zero-order chi connectivity index (χ0) is 16.3. The molecule has 0 aliphatic carbocycles. The zero-order valence-corrected chi connectivity index (χ0v) is 11.5. The van der Waals surface area contributed by atoms with Crippen LogP contribution in [0.4, 0.5) is 13.2 Å². The molecule has 0 spiro atoms. The van der Waals surface area contributed by atoms with Gasteiger partial charge in [0.1, 0.15) is 11.5 Å². The topological polar surface area (TPSA) is 78.7 Å². The van der Waals surface area contributed by atoms with Crippen LogP contribution in [0.5, 0.6) is 0 Å². The van der Waals surface area contributed by atoms with E-state index in [4.69, 9.17) is 17.0 Å². The minimum atomic E-state index is -4.70. The van der Waals surface area contributed by atoms with Crippen LogP contribution in [-0.2, 0) is 6.18 Å². The summed E-state index contributed by atoms with van der Waals surface area (Å²) < 4.78 is 37.8. The second-order valence-electron chi connectivity index (χ2n) is 4.11. The molecule has 114 valence electrons. The van der Waals surface area contributed by atoms with Crippen molar-refractivity contribution in [2.24, 2.45) is 0 Å². The Morgan fingerprint density at radius 2 is 1.91 bits per heavy atom. The van der Waals surface area contributed by atoms with Crippen molar-refractivity contribution in [3.63, 3.8) is 0 Å². The number of halogens is 4. The molecule has 2 N–H and O–H groups in total.